The molecule has 0 atom stereocenters. The number of esters is 1. The molecular weight excluding hydrogens is 235 g/mol. The summed E-state index contributed by atoms with van der Waals surface area (Å²) in [6, 6.07) is 2.94. The normalized spacial score (nSPS) is 11.6. The van der Waals surface area contributed by atoms with Crippen molar-refractivity contribution < 1.29 is 22.7 Å². The van der Waals surface area contributed by atoms with Gasteiger partial charge >= 0.3 is 12.1 Å². The van der Waals surface area contributed by atoms with E-state index in [0.717, 1.165) is 6.07 Å². The summed E-state index contributed by atoms with van der Waals surface area (Å²) in [7, 11) is 0. The summed E-state index contributed by atoms with van der Waals surface area (Å²) >= 11 is 0. The quantitative estimate of drug-likeness (QED) is 0.645. The van der Waals surface area contributed by atoms with E-state index >= 15 is 0 Å². The molecule has 3 nitrogen and oxygen atoms in total. The summed E-state index contributed by atoms with van der Waals surface area (Å²) in [5.41, 5.74) is 3.59. The van der Waals surface area contributed by atoms with E-state index in [1.807, 2.05) is 0 Å². The Hall–Kier alpha value is -1.72. The highest BCUT2D eigenvalue weighted by Crippen LogP contribution is 2.34. The number of nitrogen functional groups attached to an aromatic ring is 1. The van der Waals surface area contributed by atoms with Crippen molar-refractivity contribution in [2.75, 3.05) is 5.73 Å². The zero-order chi connectivity index (χ0) is 13.2. The Morgan fingerprint density at radius 3 is 2.41 bits per heavy atom. The van der Waals surface area contributed by atoms with E-state index in [4.69, 9.17) is 10.5 Å². The zero-order valence-electron chi connectivity index (χ0n) is 9.34. The van der Waals surface area contributed by atoms with Gasteiger partial charge in [-0.3, -0.25) is 0 Å². The average molecular weight is 247 g/mol. The van der Waals surface area contributed by atoms with E-state index in [0.29, 0.717) is 6.07 Å². The van der Waals surface area contributed by atoms with Crippen molar-refractivity contribution in [2.24, 2.45) is 0 Å². The monoisotopic (exact) mass is 247 g/mol. The lowest BCUT2D eigenvalue weighted by Crippen LogP contribution is -2.14. The van der Waals surface area contributed by atoms with Crippen molar-refractivity contribution in [1.82, 2.24) is 0 Å². The molecule has 0 fully saturated rings. The minimum atomic E-state index is -4.59. The largest absolute Gasteiger partial charge is 0.459 e. The SMILES string of the molecule is CC(C)OC(=O)c1ccc(N)c(C(F)(F)F)c1. The number of rotatable bonds is 2. The van der Waals surface area contributed by atoms with Gasteiger partial charge in [0, 0.05) is 5.69 Å². The zero-order valence-corrected chi connectivity index (χ0v) is 9.34. The maximum atomic E-state index is 12.5. The third-order valence-corrected chi connectivity index (χ3v) is 1.94. The fourth-order valence-corrected chi connectivity index (χ4v) is 1.21. The van der Waals surface area contributed by atoms with Crippen molar-refractivity contribution in [3.63, 3.8) is 0 Å². The van der Waals surface area contributed by atoms with Crippen LogP contribution in [-0.2, 0) is 10.9 Å². The van der Waals surface area contributed by atoms with Crippen LogP contribution in [0.2, 0.25) is 0 Å². The summed E-state index contributed by atoms with van der Waals surface area (Å²) in [6.07, 6.45) is -4.98. The summed E-state index contributed by atoms with van der Waals surface area (Å²) in [5, 5.41) is 0. The van der Waals surface area contributed by atoms with Gasteiger partial charge in [0.15, 0.2) is 0 Å². The summed E-state index contributed by atoms with van der Waals surface area (Å²) < 4.78 is 42.4. The molecule has 0 saturated heterocycles. The van der Waals surface area contributed by atoms with Crippen molar-refractivity contribution >= 4 is 11.7 Å². The number of ether oxygens (including phenoxy) is 1. The number of carbonyl (C=O) groups excluding carboxylic acids is 1. The van der Waals surface area contributed by atoms with Crippen LogP contribution in [0.3, 0.4) is 0 Å². The van der Waals surface area contributed by atoms with Crippen molar-refractivity contribution in [1.29, 1.82) is 0 Å². The van der Waals surface area contributed by atoms with E-state index in [9.17, 15) is 18.0 Å². The number of benzene rings is 1. The molecule has 0 aliphatic rings. The summed E-state index contributed by atoms with van der Waals surface area (Å²) in [5.74, 6) is -0.800. The second-order valence-corrected chi connectivity index (χ2v) is 3.75. The smallest absolute Gasteiger partial charge is 0.418 e. The number of alkyl halides is 3. The van der Waals surface area contributed by atoms with Gasteiger partial charge in [-0.05, 0) is 32.0 Å². The Kier molecular flexibility index (Phi) is 3.65. The molecule has 0 aromatic heterocycles. The molecule has 1 aromatic rings. The first kappa shape index (κ1) is 13.3. The van der Waals surface area contributed by atoms with Crippen LogP contribution in [0.15, 0.2) is 18.2 Å². The maximum absolute atomic E-state index is 12.5. The number of carbonyl (C=O) groups is 1. The van der Waals surface area contributed by atoms with Crippen LogP contribution < -0.4 is 5.73 Å². The second-order valence-electron chi connectivity index (χ2n) is 3.75. The van der Waals surface area contributed by atoms with Crippen LogP contribution in [0.1, 0.15) is 29.8 Å². The lowest BCUT2D eigenvalue weighted by Gasteiger charge is -2.12. The predicted octanol–water partition coefficient (Wildman–Crippen LogP) is 2.85. The first-order valence-electron chi connectivity index (χ1n) is 4.89. The number of halogens is 3. The molecule has 94 valence electrons. The van der Waals surface area contributed by atoms with Gasteiger partial charge in [0.05, 0.1) is 17.2 Å². The van der Waals surface area contributed by atoms with E-state index in [1.54, 1.807) is 13.8 Å². The fraction of sp³-hybridized carbons (Fsp3) is 0.364. The molecule has 0 aliphatic carbocycles. The fourth-order valence-electron chi connectivity index (χ4n) is 1.21. The molecule has 1 rings (SSSR count). The minimum Gasteiger partial charge on any atom is -0.459 e. The number of anilines is 1. The number of hydrogen-bond donors (Lipinski definition) is 1. The molecular formula is C11H12F3NO2. The van der Waals surface area contributed by atoms with Gasteiger partial charge in [-0.15, -0.1) is 0 Å². The van der Waals surface area contributed by atoms with Gasteiger partial charge in [0.2, 0.25) is 0 Å². The van der Waals surface area contributed by atoms with Crippen LogP contribution in [0.25, 0.3) is 0 Å². The Bertz CT molecular complexity index is 427. The number of nitrogens with two attached hydrogens (primary N) is 1. The topological polar surface area (TPSA) is 52.3 Å². The Labute approximate surface area is 96.4 Å². The molecule has 0 saturated carbocycles. The van der Waals surface area contributed by atoms with E-state index in [2.05, 4.69) is 0 Å². The number of hydrogen-bond acceptors (Lipinski definition) is 3. The highest BCUT2D eigenvalue weighted by Gasteiger charge is 2.33. The van der Waals surface area contributed by atoms with Gasteiger partial charge in [-0.25, -0.2) is 4.79 Å². The molecule has 0 heterocycles. The Morgan fingerprint density at radius 2 is 1.94 bits per heavy atom. The lowest BCUT2D eigenvalue weighted by molar-refractivity contribution is -0.136. The second kappa shape index (κ2) is 4.65. The van der Waals surface area contributed by atoms with Crippen LogP contribution in [0, 0.1) is 0 Å². The molecule has 17 heavy (non-hydrogen) atoms. The van der Waals surface area contributed by atoms with Gasteiger partial charge in [-0.2, -0.15) is 13.2 Å². The standard InChI is InChI=1S/C11H12F3NO2/c1-6(2)17-10(16)7-3-4-9(15)8(5-7)11(12,13)14/h3-6H,15H2,1-2H3. The maximum Gasteiger partial charge on any atom is 0.418 e. The lowest BCUT2D eigenvalue weighted by atomic mass is 10.1. The molecule has 0 bridgehead atoms. The van der Waals surface area contributed by atoms with E-state index in [1.165, 1.54) is 6.07 Å². The van der Waals surface area contributed by atoms with Gasteiger partial charge < -0.3 is 10.5 Å². The molecule has 2 N–H and O–H groups in total. The van der Waals surface area contributed by atoms with Crippen molar-refractivity contribution in [3.8, 4) is 0 Å². The first-order valence-corrected chi connectivity index (χ1v) is 4.89. The molecule has 0 aliphatic heterocycles. The van der Waals surface area contributed by atoms with Crippen molar-refractivity contribution in [2.45, 2.75) is 26.1 Å². The summed E-state index contributed by atoms with van der Waals surface area (Å²) in [4.78, 5) is 11.4. The van der Waals surface area contributed by atoms with Gasteiger partial charge in [-0.1, -0.05) is 0 Å². The van der Waals surface area contributed by atoms with E-state index in [-0.39, 0.29) is 5.56 Å². The third kappa shape index (κ3) is 3.37. The minimum absolute atomic E-state index is 0.166. The Morgan fingerprint density at radius 1 is 1.35 bits per heavy atom. The van der Waals surface area contributed by atoms with Crippen molar-refractivity contribution in [3.05, 3.63) is 29.3 Å². The highest BCUT2D eigenvalue weighted by atomic mass is 19.4. The molecule has 0 radical (unpaired) electrons. The van der Waals surface area contributed by atoms with Crippen LogP contribution in [-0.4, -0.2) is 12.1 Å². The molecule has 1 aromatic carbocycles. The average Bonchev–Trinajstić information content (AvgIpc) is 2.15. The first-order chi connectivity index (χ1) is 7.71. The highest BCUT2D eigenvalue weighted by molar-refractivity contribution is 5.90. The molecule has 0 amide bonds. The third-order valence-electron chi connectivity index (χ3n) is 1.94. The molecule has 0 spiro atoms. The van der Waals surface area contributed by atoms with Crippen LogP contribution >= 0.6 is 0 Å². The van der Waals surface area contributed by atoms with Crippen LogP contribution in [0.4, 0.5) is 18.9 Å². The van der Waals surface area contributed by atoms with E-state index < -0.39 is 29.5 Å². The summed E-state index contributed by atoms with van der Waals surface area (Å²) in [6.45, 7) is 3.22. The van der Waals surface area contributed by atoms with Gasteiger partial charge in [0.25, 0.3) is 0 Å². The van der Waals surface area contributed by atoms with Crippen LogP contribution in [0.5, 0.6) is 0 Å². The molecule has 6 heteroatoms. The molecule has 0 unspecified atom stereocenters. The van der Waals surface area contributed by atoms with Gasteiger partial charge in [0.1, 0.15) is 0 Å². The Balaban J connectivity index is 3.09. The predicted molar refractivity (Wildman–Crippen MR) is 56.4 cm³/mol.